The van der Waals surface area contributed by atoms with Crippen LogP contribution >= 0.6 is 0 Å². The Balaban J connectivity index is 2.09. The van der Waals surface area contributed by atoms with Crippen LogP contribution in [0.3, 0.4) is 0 Å². The van der Waals surface area contributed by atoms with Crippen molar-refractivity contribution in [1.82, 2.24) is 0 Å². The first-order valence-electron chi connectivity index (χ1n) is 5.53. The molecule has 74 valence electrons. The minimum Gasteiger partial charge on any atom is -0.362 e. The van der Waals surface area contributed by atoms with E-state index < -0.39 is 0 Å². The van der Waals surface area contributed by atoms with Crippen LogP contribution in [0.15, 0.2) is 12.1 Å². The van der Waals surface area contributed by atoms with Gasteiger partial charge in [-0.2, -0.15) is 0 Å². The van der Waals surface area contributed by atoms with Crippen LogP contribution in [-0.2, 0) is 18.5 Å². The van der Waals surface area contributed by atoms with Crippen molar-refractivity contribution in [1.29, 1.82) is 0 Å². The van der Waals surface area contributed by atoms with Crippen LogP contribution < -0.4 is 4.90 Å². The Bertz CT molecular complexity index is 377. The van der Waals surface area contributed by atoms with E-state index in [2.05, 4.69) is 37.8 Å². The van der Waals surface area contributed by atoms with Crippen molar-refractivity contribution in [3.05, 3.63) is 28.8 Å². The number of nitrogens with zero attached hydrogens (tertiary/aromatic N) is 1. The van der Waals surface area contributed by atoms with Crippen molar-refractivity contribution in [2.24, 2.45) is 0 Å². The lowest BCUT2D eigenvalue weighted by molar-refractivity contribution is 0.501. The topological polar surface area (TPSA) is 3.24 Å². The highest BCUT2D eigenvalue weighted by molar-refractivity contribution is 5.75. The van der Waals surface area contributed by atoms with Crippen LogP contribution in [0.25, 0.3) is 0 Å². The Morgan fingerprint density at radius 2 is 1.79 bits per heavy atom. The molecule has 0 atom stereocenters. The SMILES string of the molecule is CCC(C)(C)c1cc2c3c(c1)CN3C2. The van der Waals surface area contributed by atoms with Gasteiger partial charge >= 0.3 is 0 Å². The van der Waals surface area contributed by atoms with Gasteiger partial charge in [-0.05, 0) is 28.5 Å². The molecule has 0 bridgehead atoms. The van der Waals surface area contributed by atoms with Gasteiger partial charge in [-0.15, -0.1) is 0 Å². The van der Waals surface area contributed by atoms with Crippen LogP contribution in [-0.4, -0.2) is 0 Å². The van der Waals surface area contributed by atoms with Gasteiger partial charge in [0.05, 0.1) is 0 Å². The lowest BCUT2D eigenvalue weighted by Gasteiger charge is -2.47. The van der Waals surface area contributed by atoms with Crippen molar-refractivity contribution < 1.29 is 0 Å². The number of rotatable bonds is 2. The summed E-state index contributed by atoms with van der Waals surface area (Å²) in [6.45, 7) is 9.34. The van der Waals surface area contributed by atoms with Gasteiger partial charge in [0.15, 0.2) is 0 Å². The number of hydrogen-bond acceptors (Lipinski definition) is 1. The number of hydrogen-bond donors (Lipinski definition) is 0. The Morgan fingerprint density at radius 3 is 2.21 bits per heavy atom. The fraction of sp³-hybridized carbons (Fsp3) is 0.538. The molecule has 0 fully saturated rings. The summed E-state index contributed by atoms with van der Waals surface area (Å²) >= 11 is 0. The molecule has 0 radical (unpaired) electrons. The van der Waals surface area contributed by atoms with Crippen molar-refractivity contribution in [3.8, 4) is 0 Å². The lowest BCUT2D eigenvalue weighted by atomic mass is 9.77. The first kappa shape index (κ1) is 8.34. The summed E-state index contributed by atoms with van der Waals surface area (Å²) in [5.41, 5.74) is 6.57. The monoisotopic (exact) mass is 187 g/mol. The standard InChI is InChI=1S/C13H17N/c1-4-13(2,3)11-5-9-7-14-8-10(6-11)12(9)14/h5-6H,4,7-8H2,1-3H3. The Labute approximate surface area is 85.7 Å². The van der Waals surface area contributed by atoms with E-state index in [1.807, 2.05) is 0 Å². The minimum absolute atomic E-state index is 0.349. The third-order valence-electron chi connectivity index (χ3n) is 3.97. The summed E-state index contributed by atoms with van der Waals surface area (Å²) in [4.78, 5) is 2.45. The van der Waals surface area contributed by atoms with E-state index in [4.69, 9.17) is 0 Å². The molecule has 1 aromatic carbocycles. The summed E-state index contributed by atoms with van der Waals surface area (Å²) in [6, 6.07) is 4.83. The van der Waals surface area contributed by atoms with Gasteiger partial charge in [-0.3, -0.25) is 0 Å². The summed E-state index contributed by atoms with van der Waals surface area (Å²) < 4.78 is 0. The average Bonchev–Trinajstić information content (AvgIpc) is 2.07. The van der Waals surface area contributed by atoms with E-state index in [1.54, 1.807) is 16.8 Å². The molecule has 0 spiro atoms. The van der Waals surface area contributed by atoms with Crippen LogP contribution in [0.5, 0.6) is 0 Å². The average molecular weight is 187 g/mol. The molecule has 0 saturated carbocycles. The van der Waals surface area contributed by atoms with Gasteiger partial charge in [0.2, 0.25) is 0 Å². The normalized spacial score (nSPS) is 17.2. The molecule has 1 nitrogen and oxygen atoms in total. The third kappa shape index (κ3) is 0.853. The van der Waals surface area contributed by atoms with Gasteiger partial charge in [-0.25, -0.2) is 0 Å². The summed E-state index contributed by atoms with van der Waals surface area (Å²) in [6.07, 6.45) is 1.22. The van der Waals surface area contributed by atoms with Crippen molar-refractivity contribution >= 4 is 5.69 Å². The molecular weight excluding hydrogens is 170 g/mol. The predicted molar refractivity (Wildman–Crippen MR) is 59.6 cm³/mol. The van der Waals surface area contributed by atoms with Gasteiger partial charge in [-0.1, -0.05) is 32.9 Å². The lowest BCUT2D eigenvalue weighted by Crippen LogP contribution is -2.41. The van der Waals surface area contributed by atoms with E-state index in [0.717, 1.165) is 0 Å². The largest absolute Gasteiger partial charge is 0.362 e. The fourth-order valence-corrected chi connectivity index (χ4v) is 2.44. The quantitative estimate of drug-likeness (QED) is 0.687. The highest BCUT2D eigenvalue weighted by Gasteiger charge is 2.36. The second-order valence-electron chi connectivity index (χ2n) is 5.24. The number of anilines is 1. The van der Waals surface area contributed by atoms with Gasteiger partial charge in [0, 0.05) is 18.8 Å². The van der Waals surface area contributed by atoms with Crippen LogP contribution in [0.2, 0.25) is 0 Å². The Kier molecular flexibility index (Phi) is 1.39. The Hall–Kier alpha value is -0.980. The molecule has 0 N–H and O–H groups in total. The molecule has 3 rings (SSSR count). The zero-order chi connectivity index (χ0) is 9.92. The van der Waals surface area contributed by atoms with Crippen LogP contribution in [0, 0.1) is 0 Å². The first-order valence-corrected chi connectivity index (χ1v) is 5.53. The highest BCUT2D eigenvalue weighted by Crippen LogP contribution is 2.48. The molecular formula is C13H17N. The maximum absolute atomic E-state index is 2.45. The molecule has 2 heterocycles. The van der Waals surface area contributed by atoms with Crippen molar-refractivity contribution in [3.63, 3.8) is 0 Å². The molecule has 0 amide bonds. The molecule has 2 aliphatic heterocycles. The second kappa shape index (κ2) is 2.33. The van der Waals surface area contributed by atoms with Gasteiger partial charge in [0.25, 0.3) is 0 Å². The molecule has 0 saturated heterocycles. The van der Waals surface area contributed by atoms with Crippen LogP contribution in [0.1, 0.15) is 43.9 Å². The van der Waals surface area contributed by atoms with E-state index in [9.17, 15) is 0 Å². The molecule has 1 aromatic rings. The maximum Gasteiger partial charge on any atom is 0.0473 e. The zero-order valence-electron chi connectivity index (χ0n) is 9.22. The zero-order valence-corrected chi connectivity index (χ0v) is 9.22. The molecule has 0 aliphatic carbocycles. The van der Waals surface area contributed by atoms with Gasteiger partial charge in [0.1, 0.15) is 0 Å². The first-order chi connectivity index (χ1) is 6.62. The highest BCUT2D eigenvalue weighted by atomic mass is 15.2. The molecule has 0 unspecified atom stereocenters. The second-order valence-corrected chi connectivity index (χ2v) is 5.24. The summed E-state index contributed by atoms with van der Waals surface area (Å²) in [5.74, 6) is 0. The molecule has 2 aliphatic rings. The van der Waals surface area contributed by atoms with E-state index in [0.29, 0.717) is 5.41 Å². The van der Waals surface area contributed by atoms with Crippen LogP contribution in [0.4, 0.5) is 5.69 Å². The maximum atomic E-state index is 2.45. The molecule has 1 heteroatoms. The van der Waals surface area contributed by atoms with Crippen molar-refractivity contribution in [2.75, 3.05) is 4.90 Å². The molecule has 14 heavy (non-hydrogen) atoms. The Morgan fingerprint density at radius 1 is 1.21 bits per heavy atom. The van der Waals surface area contributed by atoms with Crippen molar-refractivity contribution in [2.45, 2.75) is 45.7 Å². The minimum atomic E-state index is 0.349. The van der Waals surface area contributed by atoms with Gasteiger partial charge < -0.3 is 4.90 Å². The summed E-state index contributed by atoms with van der Waals surface area (Å²) in [7, 11) is 0. The third-order valence-corrected chi connectivity index (χ3v) is 3.97. The predicted octanol–water partition coefficient (Wildman–Crippen LogP) is 3.21. The van der Waals surface area contributed by atoms with E-state index >= 15 is 0 Å². The van der Waals surface area contributed by atoms with E-state index in [-0.39, 0.29) is 0 Å². The molecule has 0 aromatic heterocycles. The number of benzene rings is 1. The fourth-order valence-electron chi connectivity index (χ4n) is 2.44. The van der Waals surface area contributed by atoms with E-state index in [1.165, 1.54) is 25.1 Å². The smallest absolute Gasteiger partial charge is 0.0473 e. The summed E-state index contributed by atoms with van der Waals surface area (Å²) in [5, 5.41) is 0.